The molecule has 0 fully saturated rings. The van der Waals surface area contributed by atoms with Gasteiger partial charge in [0.15, 0.2) is 57.7 Å². The largest absolute Gasteiger partial charge is 0.464 e. The molecule has 0 aromatic carbocycles. The third-order valence-electron chi connectivity index (χ3n) is 7.62. The van der Waals surface area contributed by atoms with Gasteiger partial charge in [-0.1, -0.05) is 26.7 Å². The van der Waals surface area contributed by atoms with Gasteiger partial charge in [-0.3, -0.25) is 4.79 Å². The summed E-state index contributed by atoms with van der Waals surface area (Å²) in [6, 6.07) is 1.61. The average molecular weight is 687 g/mol. The molecule has 262 valence electrons. The van der Waals surface area contributed by atoms with E-state index in [2.05, 4.69) is 47.3 Å². The van der Waals surface area contributed by atoms with Crippen molar-refractivity contribution in [1.29, 1.82) is 0 Å². The zero-order chi connectivity index (χ0) is 35.9. The number of azo groups is 2. The Balaban J connectivity index is 1.55. The molecule has 0 aliphatic heterocycles. The Kier molecular flexibility index (Phi) is 10.8. The number of nitrogens with zero attached hydrogens (tertiary/aromatic N) is 14. The molecule has 0 saturated heterocycles. The number of esters is 1. The topological polar surface area (TPSA) is 262 Å². The van der Waals surface area contributed by atoms with Crippen molar-refractivity contribution in [3.05, 3.63) is 47.8 Å². The van der Waals surface area contributed by atoms with Gasteiger partial charge in [-0.15, -0.1) is 20.5 Å². The van der Waals surface area contributed by atoms with Gasteiger partial charge in [0.2, 0.25) is 5.78 Å². The predicted molar refractivity (Wildman–Crippen MR) is 180 cm³/mol. The number of aliphatic hydroxyl groups is 1. The number of rotatable bonds is 15. The molecule has 0 spiro atoms. The number of anilines is 2. The van der Waals surface area contributed by atoms with E-state index in [1.165, 1.54) is 40.0 Å². The second kappa shape index (κ2) is 15.4. The van der Waals surface area contributed by atoms with Gasteiger partial charge in [0.1, 0.15) is 12.9 Å². The van der Waals surface area contributed by atoms with Crippen LogP contribution in [0.25, 0.3) is 11.6 Å². The fraction of sp³-hybridized carbons (Fsp3) is 0.400. The van der Waals surface area contributed by atoms with Crippen LogP contribution in [0.2, 0.25) is 0 Å². The lowest BCUT2D eigenvalue weighted by atomic mass is 10.2. The molecule has 5 aromatic heterocycles. The summed E-state index contributed by atoms with van der Waals surface area (Å²) in [6.45, 7) is 3.38. The third kappa shape index (κ3) is 6.99. The minimum absolute atomic E-state index is 0.00805. The molecule has 5 heterocycles. The normalized spacial score (nSPS) is 11.7. The Labute approximate surface area is 286 Å². The van der Waals surface area contributed by atoms with Crippen LogP contribution in [0.15, 0.2) is 45.5 Å². The van der Waals surface area contributed by atoms with Crippen molar-refractivity contribution in [1.82, 2.24) is 48.6 Å². The Bertz CT molecular complexity index is 1930. The zero-order valence-corrected chi connectivity index (χ0v) is 28.3. The number of carbonyl (C=O) groups excluding carboxylic acids is 2. The van der Waals surface area contributed by atoms with Gasteiger partial charge in [-0.2, -0.15) is 19.6 Å². The number of hydrogen-bond acceptors (Lipinski definition) is 16. The smallest absolute Gasteiger partial charge is 0.360 e. The maximum absolute atomic E-state index is 12.2. The first-order chi connectivity index (χ1) is 24.1. The molecule has 0 aliphatic rings. The standard InChI is InChI=1S/C30H38N16O4/c1-6-8-10-17-22(37-39-28-24(19(48)13-47)35-15-43(28)3)26(31)45(41-17)20-12-21(34-14-33-20)46-27(32)23(18(42-46)11-9-7-2)38-40-29-25(30(49)50-5)36-16-44(29)4/h12,14-16,47H,6-11,13,31-32H2,1-5H3. The molecule has 5 N–H and O–H groups in total. The number of carbonyl (C=O) groups is 2. The summed E-state index contributed by atoms with van der Waals surface area (Å²) >= 11 is 0. The van der Waals surface area contributed by atoms with Crippen molar-refractivity contribution in [2.75, 3.05) is 25.2 Å². The van der Waals surface area contributed by atoms with Crippen LogP contribution >= 0.6 is 0 Å². The summed E-state index contributed by atoms with van der Waals surface area (Å²) in [5, 5.41) is 36.1. The first-order valence-corrected chi connectivity index (χ1v) is 15.8. The number of aryl methyl sites for hydroxylation is 4. The fourth-order valence-corrected chi connectivity index (χ4v) is 4.89. The maximum Gasteiger partial charge on any atom is 0.360 e. The Morgan fingerprint density at radius 1 is 0.780 bits per heavy atom. The highest BCUT2D eigenvalue weighted by molar-refractivity contribution is 5.98. The van der Waals surface area contributed by atoms with Crippen molar-refractivity contribution in [3.8, 4) is 11.6 Å². The van der Waals surface area contributed by atoms with Gasteiger partial charge < -0.3 is 30.4 Å². The SMILES string of the molecule is CCCCc1nn(-c2cc(-n3nc(CCCC)c(N=Nc4c(C(=O)OC)ncn4C)c3N)ncn2)c(N)c1N=Nc1c(C(=O)CO)ncn1C. The number of ether oxygens (including phenoxy) is 1. The lowest BCUT2D eigenvalue weighted by Gasteiger charge is -2.06. The lowest BCUT2D eigenvalue weighted by molar-refractivity contribution is 0.0595. The third-order valence-corrected chi connectivity index (χ3v) is 7.62. The quantitative estimate of drug-likeness (QED) is 0.0803. The zero-order valence-electron chi connectivity index (χ0n) is 28.3. The van der Waals surface area contributed by atoms with Crippen LogP contribution in [0.5, 0.6) is 0 Å². The first-order valence-electron chi connectivity index (χ1n) is 15.8. The number of aromatic nitrogens is 10. The van der Waals surface area contributed by atoms with Gasteiger partial charge in [0.05, 0.1) is 31.2 Å². The van der Waals surface area contributed by atoms with Gasteiger partial charge in [0.25, 0.3) is 0 Å². The van der Waals surface area contributed by atoms with E-state index in [9.17, 15) is 14.7 Å². The van der Waals surface area contributed by atoms with E-state index in [-0.39, 0.29) is 34.7 Å². The number of nitrogens with two attached hydrogens (primary N) is 2. The summed E-state index contributed by atoms with van der Waals surface area (Å²) in [5.41, 5.74) is 14.9. The first kappa shape index (κ1) is 35.1. The van der Waals surface area contributed by atoms with Crippen molar-refractivity contribution < 1.29 is 19.4 Å². The summed E-state index contributed by atoms with van der Waals surface area (Å²) in [4.78, 5) is 41.3. The van der Waals surface area contributed by atoms with Crippen molar-refractivity contribution >= 4 is 46.4 Å². The number of ketones is 1. The second-order valence-corrected chi connectivity index (χ2v) is 11.2. The molecular formula is C30H38N16O4. The van der Waals surface area contributed by atoms with Gasteiger partial charge >= 0.3 is 5.97 Å². The fourth-order valence-electron chi connectivity index (χ4n) is 4.89. The maximum atomic E-state index is 12.2. The summed E-state index contributed by atoms with van der Waals surface area (Å²) < 4.78 is 10.7. The Hall–Kier alpha value is -6.18. The average Bonchev–Trinajstić information content (AvgIpc) is 3.86. The van der Waals surface area contributed by atoms with Crippen molar-refractivity contribution in [2.45, 2.75) is 52.4 Å². The van der Waals surface area contributed by atoms with Crippen LogP contribution < -0.4 is 11.5 Å². The number of unbranched alkanes of at least 4 members (excludes halogenated alkanes) is 2. The van der Waals surface area contributed by atoms with E-state index in [0.29, 0.717) is 47.2 Å². The number of Topliss-reactive ketones (excluding diaryl/α,β-unsaturated/α-hetero) is 1. The second-order valence-electron chi connectivity index (χ2n) is 11.2. The van der Waals surface area contributed by atoms with E-state index in [4.69, 9.17) is 26.4 Å². The minimum Gasteiger partial charge on any atom is -0.464 e. The molecule has 50 heavy (non-hydrogen) atoms. The Morgan fingerprint density at radius 3 is 1.72 bits per heavy atom. The minimum atomic E-state index is -0.719. The summed E-state index contributed by atoms with van der Waals surface area (Å²) in [5.74, 6) is 0.0105. The van der Waals surface area contributed by atoms with Crippen LogP contribution in [0, 0.1) is 0 Å². The van der Waals surface area contributed by atoms with Crippen LogP contribution in [-0.2, 0) is 31.7 Å². The molecule has 0 amide bonds. The van der Waals surface area contributed by atoms with Crippen LogP contribution in [0.4, 0.5) is 34.6 Å². The highest BCUT2D eigenvalue weighted by atomic mass is 16.5. The van der Waals surface area contributed by atoms with Crippen LogP contribution in [0.1, 0.15) is 71.9 Å². The van der Waals surface area contributed by atoms with E-state index in [1.54, 1.807) is 24.7 Å². The molecule has 5 aromatic rings. The number of hydrogen-bond donors (Lipinski definition) is 3. The van der Waals surface area contributed by atoms with E-state index >= 15 is 0 Å². The Morgan fingerprint density at radius 2 is 1.26 bits per heavy atom. The molecule has 0 atom stereocenters. The number of aliphatic hydroxyl groups excluding tert-OH is 1. The molecule has 0 radical (unpaired) electrons. The molecule has 20 heteroatoms. The highest BCUT2D eigenvalue weighted by Crippen LogP contribution is 2.35. The van der Waals surface area contributed by atoms with E-state index in [1.807, 2.05) is 6.92 Å². The highest BCUT2D eigenvalue weighted by Gasteiger charge is 2.23. The van der Waals surface area contributed by atoms with E-state index in [0.717, 1.165) is 25.7 Å². The van der Waals surface area contributed by atoms with Crippen LogP contribution in [0.3, 0.4) is 0 Å². The van der Waals surface area contributed by atoms with Crippen molar-refractivity contribution in [2.24, 2.45) is 34.6 Å². The molecule has 20 nitrogen and oxygen atoms in total. The number of nitrogen functional groups attached to an aromatic ring is 2. The predicted octanol–water partition coefficient (Wildman–Crippen LogP) is 3.96. The number of methoxy groups -OCH3 is 1. The molecular weight excluding hydrogens is 648 g/mol. The van der Waals surface area contributed by atoms with Crippen LogP contribution in [-0.4, -0.2) is 79.2 Å². The molecule has 5 rings (SSSR count). The molecule has 0 unspecified atom stereocenters. The molecule has 0 bridgehead atoms. The lowest BCUT2D eigenvalue weighted by Crippen LogP contribution is -2.09. The monoisotopic (exact) mass is 686 g/mol. The van der Waals surface area contributed by atoms with Gasteiger partial charge in [-0.05, 0) is 25.7 Å². The number of imidazole rings is 2. The van der Waals surface area contributed by atoms with Gasteiger partial charge in [-0.25, -0.2) is 24.7 Å². The van der Waals surface area contributed by atoms with E-state index < -0.39 is 18.4 Å². The van der Waals surface area contributed by atoms with Crippen molar-refractivity contribution in [3.63, 3.8) is 0 Å². The van der Waals surface area contributed by atoms with Gasteiger partial charge in [0, 0.05) is 20.2 Å². The summed E-state index contributed by atoms with van der Waals surface area (Å²) in [6.07, 6.45) is 8.66. The molecule has 0 saturated carbocycles. The summed E-state index contributed by atoms with van der Waals surface area (Å²) in [7, 11) is 4.59. The molecule has 0 aliphatic carbocycles.